The van der Waals surface area contributed by atoms with E-state index in [0.717, 1.165) is 37.9 Å². The molecule has 24 heavy (non-hydrogen) atoms. The molecule has 0 saturated heterocycles. The fourth-order valence-corrected chi connectivity index (χ4v) is 6.78. The first kappa shape index (κ1) is 16.7. The van der Waals surface area contributed by atoms with Gasteiger partial charge in [0.05, 0.1) is 24.6 Å². The maximum atomic E-state index is 11.2. The van der Waals surface area contributed by atoms with Crippen LogP contribution in [0.15, 0.2) is 23.0 Å². The zero-order valence-electron chi connectivity index (χ0n) is 15.3. The number of hydrogen-bond donors (Lipinski definition) is 2. The van der Waals surface area contributed by atoms with E-state index < -0.39 is 11.7 Å². The van der Waals surface area contributed by atoms with Crippen LogP contribution >= 0.6 is 0 Å². The number of hydrogen-bond acceptors (Lipinski definition) is 3. The lowest BCUT2D eigenvalue weighted by Gasteiger charge is -2.54. The minimum Gasteiger partial charge on any atom is -0.501 e. The molecule has 3 nitrogen and oxygen atoms in total. The van der Waals surface area contributed by atoms with Crippen LogP contribution in [0.25, 0.3) is 0 Å². The quantitative estimate of drug-likeness (QED) is 0.753. The monoisotopic (exact) mass is 332 g/mol. The summed E-state index contributed by atoms with van der Waals surface area (Å²) in [5.41, 5.74) is 2.29. The maximum Gasteiger partial charge on any atom is 0.0959 e. The highest BCUT2D eigenvalue weighted by Gasteiger charge is 2.63. The highest BCUT2D eigenvalue weighted by molar-refractivity contribution is 5.33. The molecule has 0 bridgehead atoms. The van der Waals surface area contributed by atoms with Gasteiger partial charge in [-0.05, 0) is 75.7 Å². The van der Waals surface area contributed by atoms with Crippen molar-refractivity contribution in [2.24, 2.45) is 23.2 Å². The second-order valence-corrected chi connectivity index (χ2v) is 8.89. The van der Waals surface area contributed by atoms with Gasteiger partial charge in [0.1, 0.15) is 0 Å². The van der Waals surface area contributed by atoms with Crippen molar-refractivity contribution in [2.75, 3.05) is 7.11 Å². The summed E-state index contributed by atoms with van der Waals surface area (Å²) in [5.74, 6) is 3.07. The summed E-state index contributed by atoms with van der Waals surface area (Å²) in [7, 11) is 1.78. The Hall–Kier alpha value is -0.800. The summed E-state index contributed by atoms with van der Waals surface area (Å²) >= 11 is 0. The fraction of sp³-hybridized carbons (Fsp3) is 0.810. The van der Waals surface area contributed by atoms with Crippen molar-refractivity contribution in [2.45, 2.75) is 76.9 Å². The lowest BCUT2D eigenvalue weighted by atomic mass is 9.52. The summed E-state index contributed by atoms with van der Waals surface area (Å²) in [5, 5.41) is 21.5. The van der Waals surface area contributed by atoms with Crippen LogP contribution in [-0.2, 0) is 4.74 Å². The van der Waals surface area contributed by atoms with Gasteiger partial charge in [-0.15, -0.1) is 0 Å². The van der Waals surface area contributed by atoms with Gasteiger partial charge in [-0.3, -0.25) is 0 Å². The van der Waals surface area contributed by atoms with Crippen LogP contribution in [0.5, 0.6) is 0 Å². The van der Waals surface area contributed by atoms with E-state index >= 15 is 0 Å². The van der Waals surface area contributed by atoms with Crippen LogP contribution in [0.3, 0.4) is 0 Å². The Balaban J connectivity index is 1.62. The van der Waals surface area contributed by atoms with Crippen molar-refractivity contribution < 1.29 is 14.9 Å². The van der Waals surface area contributed by atoms with Gasteiger partial charge < -0.3 is 14.9 Å². The molecule has 0 radical (unpaired) electrons. The molecule has 2 fully saturated rings. The number of ether oxygens (including phenoxy) is 1. The third-order valence-corrected chi connectivity index (χ3v) is 8.22. The lowest BCUT2D eigenvalue weighted by Crippen LogP contribution is -2.56. The van der Waals surface area contributed by atoms with Crippen molar-refractivity contribution in [1.29, 1.82) is 0 Å². The summed E-state index contributed by atoms with van der Waals surface area (Å²) in [6, 6.07) is 0. The van der Waals surface area contributed by atoms with Gasteiger partial charge >= 0.3 is 0 Å². The molecule has 4 rings (SSSR count). The Kier molecular flexibility index (Phi) is 3.89. The maximum absolute atomic E-state index is 11.2. The third-order valence-electron chi connectivity index (χ3n) is 8.22. The molecule has 0 heterocycles. The van der Waals surface area contributed by atoms with Crippen LogP contribution in [-0.4, -0.2) is 29.0 Å². The van der Waals surface area contributed by atoms with E-state index in [1.54, 1.807) is 25.2 Å². The zero-order valence-corrected chi connectivity index (χ0v) is 15.3. The van der Waals surface area contributed by atoms with E-state index in [0.29, 0.717) is 17.8 Å². The molecule has 0 unspecified atom stereocenters. The number of rotatable bonds is 2. The first-order chi connectivity index (χ1) is 11.4. The van der Waals surface area contributed by atoms with Gasteiger partial charge in [-0.25, -0.2) is 0 Å². The van der Waals surface area contributed by atoms with Crippen molar-refractivity contribution in [1.82, 2.24) is 0 Å². The van der Waals surface area contributed by atoms with Crippen molar-refractivity contribution in [3.8, 4) is 0 Å². The molecule has 4 aliphatic carbocycles. The van der Waals surface area contributed by atoms with Crippen LogP contribution in [0.4, 0.5) is 0 Å². The molecule has 134 valence electrons. The van der Waals surface area contributed by atoms with Gasteiger partial charge in [0.25, 0.3) is 0 Å². The zero-order chi connectivity index (χ0) is 17.1. The molecule has 0 amide bonds. The smallest absolute Gasteiger partial charge is 0.0959 e. The highest BCUT2D eigenvalue weighted by Crippen LogP contribution is 2.64. The predicted octanol–water partition coefficient (Wildman–Crippen LogP) is 3.96. The first-order valence-electron chi connectivity index (χ1n) is 9.75. The van der Waals surface area contributed by atoms with Gasteiger partial charge in [0, 0.05) is 11.8 Å². The molecule has 3 heteroatoms. The van der Waals surface area contributed by atoms with Crippen LogP contribution < -0.4 is 0 Å². The molecule has 0 spiro atoms. The molecule has 2 saturated carbocycles. The minimum absolute atomic E-state index is 0.122. The molecule has 0 aromatic rings. The Labute approximate surface area is 145 Å². The van der Waals surface area contributed by atoms with Crippen molar-refractivity contribution >= 4 is 0 Å². The van der Waals surface area contributed by atoms with Gasteiger partial charge in [-0.1, -0.05) is 18.1 Å². The molecular formula is C21H32O3. The molecular weight excluding hydrogens is 300 g/mol. The Morgan fingerprint density at radius 3 is 2.75 bits per heavy atom. The molecule has 0 aromatic heterocycles. The molecule has 4 aliphatic rings. The Bertz CT molecular complexity index is 590. The Morgan fingerprint density at radius 1 is 1.25 bits per heavy atom. The number of aliphatic hydroxyl groups is 2. The average Bonchev–Trinajstić information content (AvgIpc) is 2.87. The van der Waals surface area contributed by atoms with Crippen molar-refractivity contribution in [3.05, 3.63) is 23.0 Å². The summed E-state index contributed by atoms with van der Waals surface area (Å²) < 4.78 is 5.48. The highest BCUT2D eigenvalue weighted by atomic mass is 16.5. The third kappa shape index (κ3) is 2.10. The number of methoxy groups -OCH3 is 1. The molecule has 0 aromatic carbocycles. The van der Waals surface area contributed by atoms with E-state index in [4.69, 9.17) is 4.74 Å². The summed E-state index contributed by atoms with van der Waals surface area (Å²) in [4.78, 5) is 0. The standard InChI is InChI=1S/C21H32O3/c1-13(22)21(23)11-9-19-18-6-4-14-12-15(24-3)5-7-16(14)17(18)8-10-20(19,21)2/h5,13,17-19,22-23H,4,6-12H2,1-3H3/t13-,17+,18+,19-,20-,21-/m0/s1. The SMILES string of the molecule is COC1=CCC2=C(CC[C@@H]3[C@@H]2CC[C@@]2(C)[C@H]3CC[C@]2(O)[C@H](C)O)C1. The molecule has 2 N–H and O–H groups in total. The number of allylic oxidation sites excluding steroid dienone is 3. The predicted molar refractivity (Wildman–Crippen MR) is 94.3 cm³/mol. The Morgan fingerprint density at radius 2 is 2.04 bits per heavy atom. The normalized spacial score (nSPS) is 45.9. The lowest BCUT2D eigenvalue weighted by molar-refractivity contribution is -0.161. The van der Waals surface area contributed by atoms with E-state index in [9.17, 15) is 10.2 Å². The van der Waals surface area contributed by atoms with Crippen LogP contribution in [0.2, 0.25) is 0 Å². The summed E-state index contributed by atoms with van der Waals surface area (Å²) in [6.45, 7) is 4.03. The van der Waals surface area contributed by atoms with E-state index in [1.165, 1.54) is 19.3 Å². The minimum atomic E-state index is -0.896. The van der Waals surface area contributed by atoms with Gasteiger partial charge in [0.2, 0.25) is 0 Å². The van der Waals surface area contributed by atoms with Gasteiger partial charge in [-0.2, -0.15) is 0 Å². The van der Waals surface area contributed by atoms with Gasteiger partial charge in [0.15, 0.2) is 0 Å². The fourth-order valence-electron chi connectivity index (χ4n) is 6.78. The second-order valence-electron chi connectivity index (χ2n) is 8.89. The van der Waals surface area contributed by atoms with Crippen LogP contribution in [0, 0.1) is 23.2 Å². The van der Waals surface area contributed by atoms with E-state index in [2.05, 4.69) is 13.0 Å². The van der Waals surface area contributed by atoms with E-state index in [-0.39, 0.29) is 5.41 Å². The first-order valence-corrected chi connectivity index (χ1v) is 9.75. The second kappa shape index (κ2) is 5.60. The van der Waals surface area contributed by atoms with Crippen LogP contribution in [0.1, 0.15) is 65.2 Å². The summed E-state index contributed by atoms with van der Waals surface area (Å²) in [6.07, 6.45) is 10.2. The topological polar surface area (TPSA) is 49.7 Å². The van der Waals surface area contributed by atoms with E-state index in [1.807, 2.05) is 0 Å². The number of aliphatic hydroxyl groups excluding tert-OH is 1. The average molecular weight is 332 g/mol. The number of fused-ring (bicyclic) bond motifs is 4. The van der Waals surface area contributed by atoms with Crippen molar-refractivity contribution in [3.63, 3.8) is 0 Å². The molecule has 6 atom stereocenters. The largest absolute Gasteiger partial charge is 0.501 e. The molecule has 0 aliphatic heterocycles.